The van der Waals surface area contributed by atoms with Gasteiger partial charge in [-0.3, -0.25) is 0 Å². The van der Waals surface area contributed by atoms with Crippen LogP contribution in [0.25, 0.3) is 0 Å². The SMILES string of the molecule is Cc1nnc(SCC2(CBr)CCC2)n1C. The van der Waals surface area contributed by atoms with Crippen LogP contribution in [0.5, 0.6) is 0 Å². The normalized spacial score (nSPS) is 18.9. The molecule has 0 unspecified atom stereocenters. The number of hydrogen-bond donors (Lipinski definition) is 0. The molecule has 0 saturated heterocycles. The summed E-state index contributed by atoms with van der Waals surface area (Å²) in [6.07, 6.45) is 4.08. The van der Waals surface area contributed by atoms with E-state index < -0.39 is 0 Å². The Morgan fingerprint density at radius 2 is 2.20 bits per heavy atom. The van der Waals surface area contributed by atoms with Gasteiger partial charge in [-0.1, -0.05) is 34.1 Å². The molecule has 1 aromatic heterocycles. The monoisotopic (exact) mass is 289 g/mol. The van der Waals surface area contributed by atoms with Crippen LogP contribution in [0, 0.1) is 12.3 Å². The molecule has 0 N–H and O–H groups in total. The molecule has 0 aromatic carbocycles. The van der Waals surface area contributed by atoms with Crippen molar-refractivity contribution in [1.82, 2.24) is 14.8 Å². The summed E-state index contributed by atoms with van der Waals surface area (Å²) >= 11 is 5.46. The molecule has 1 heterocycles. The summed E-state index contributed by atoms with van der Waals surface area (Å²) in [5, 5.41) is 10.4. The topological polar surface area (TPSA) is 30.7 Å². The zero-order valence-electron chi connectivity index (χ0n) is 9.16. The zero-order valence-corrected chi connectivity index (χ0v) is 11.6. The lowest BCUT2D eigenvalue weighted by atomic mass is 9.72. The van der Waals surface area contributed by atoms with Gasteiger partial charge in [-0.05, 0) is 25.2 Å². The van der Waals surface area contributed by atoms with Gasteiger partial charge in [0.1, 0.15) is 5.82 Å². The van der Waals surface area contributed by atoms with Crippen LogP contribution in [0.3, 0.4) is 0 Å². The lowest BCUT2D eigenvalue weighted by Crippen LogP contribution is -2.33. The standard InChI is InChI=1S/C10H16BrN3S/c1-8-12-13-9(14(8)2)15-7-10(6-11)4-3-5-10/h3-7H2,1-2H3. The Hall–Kier alpha value is -0.0300. The van der Waals surface area contributed by atoms with Crippen LogP contribution in [0.1, 0.15) is 25.1 Å². The van der Waals surface area contributed by atoms with Gasteiger partial charge >= 0.3 is 0 Å². The Kier molecular flexibility index (Phi) is 3.40. The summed E-state index contributed by atoms with van der Waals surface area (Å²) in [6, 6.07) is 0. The van der Waals surface area contributed by atoms with E-state index in [0.717, 1.165) is 22.1 Å². The van der Waals surface area contributed by atoms with E-state index in [0.29, 0.717) is 5.41 Å². The van der Waals surface area contributed by atoms with Crippen molar-refractivity contribution in [2.24, 2.45) is 12.5 Å². The summed E-state index contributed by atoms with van der Waals surface area (Å²) in [4.78, 5) is 0. The molecule has 0 amide bonds. The number of alkyl halides is 1. The number of hydrogen-bond acceptors (Lipinski definition) is 3. The average molecular weight is 290 g/mol. The van der Waals surface area contributed by atoms with Crippen molar-refractivity contribution >= 4 is 27.7 Å². The van der Waals surface area contributed by atoms with Crippen LogP contribution in [0.2, 0.25) is 0 Å². The van der Waals surface area contributed by atoms with Gasteiger partial charge in [-0.15, -0.1) is 10.2 Å². The Labute approximate surface area is 103 Å². The third kappa shape index (κ3) is 2.23. The van der Waals surface area contributed by atoms with Gasteiger partial charge in [0.25, 0.3) is 0 Å². The van der Waals surface area contributed by atoms with E-state index in [1.807, 2.05) is 25.7 Å². The molecule has 1 fully saturated rings. The molecule has 1 saturated carbocycles. The summed E-state index contributed by atoms with van der Waals surface area (Å²) in [5.74, 6) is 2.14. The molecule has 1 aliphatic carbocycles. The number of rotatable bonds is 4. The maximum atomic E-state index is 4.17. The van der Waals surface area contributed by atoms with E-state index in [4.69, 9.17) is 0 Å². The van der Waals surface area contributed by atoms with Crippen molar-refractivity contribution in [3.05, 3.63) is 5.82 Å². The highest BCUT2D eigenvalue weighted by Crippen LogP contribution is 2.45. The van der Waals surface area contributed by atoms with E-state index in [2.05, 4.69) is 30.7 Å². The molecule has 0 radical (unpaired) electrons. The fraction of sp³-hybridized carbons (Fsp3) is 0.800. The number of thioether (sulfide) groups is 1. The van der Waals surface area contributed by atoms with Crippen LogP contribution < -0.4 is 0 Å². The first-order chi connectivity index (χ1) is 7.17. The second-order valence-electron chi connectivity index (χ2n) is 4.36. The van der Waals surface area contributed by atoms with Gasteiger partial charge < -0.3 is 4.57 Å². The first kappa shape index (κ1) is 11.5. The number of aromatic nitrogens is 3. The van der Waals surface area contributed by atoms with E-state index in [1.165, 1.54) is 19.3 Å². The van der Waals surface area contributed by atoms with Crippen LogP contribution in [0.4, 0.5) is 0 Å². The Balaban J connectivity index is 1.95. The molecule has 15 heavy (non-hydrogen) atoms. The van der Waals surface area contributed by atoms with Crippen molar-refractivity contribution in [2.75, 3.05) is 11.1 Å². The number of halogens is 1. The molecule has 84 valence electrons. The molecule has 0 atom stereocenters. The van der Waals surface area contributed by atoms with Gasteiger partial charge in [0.05, 0.1) is 0 Å². The van der Waals surface area contributed by atoms with E-state index >= 15 is 0 Å². The first-order valence-corrected chi connectivity index (χ1v) is 7.32. The fourth-order valence-electron chi connectivity index (χ4n) is 1.72. The fourth-order valence-corrected chi connectivity index (χ4v) is 4.00. The maximum Gasteiger partial charge on any atom is 0.190 e. The van der Waals surface area contributed by atoms with E-state index in [-0.39, 0.29) is 0 Å². The highest BCUT2D eigenvalue weighted by atomic mass is 79.9. The molecular formula is C10H16BrN3S. The molecule has 0 bridgehead atoms. The van der Waals surface area contributed by atoms with Crippen molar-refractivity contribution in [2.45, 2.75) is 31.3 Å². The molecular weight excluding hydrogens is 274 g/mol. The van der Waals surface area contributed by atoms with Crippen LogP contribution >= 0.6 is 27.7 Å². The molecule has 3 nitrogen and oxygen atoms in total. The Morgan fingerprint density at radius 1 is 1.47 bits per heavy atom. The summed E-state index contributed by atoms with van der Waals surface area (Å²) < 4.78 is 2.06. The Bertz CT molecular complexity index is 341. The van der Waals surface area contributed by atoms with Crippen LogP contribution in [0.15, 0.2) is 5.16 Å². The molecule has 5 heteroatoms. The van der Waals surface area contributed by atoms with Gasteiger partial charge in [0, 0.05) is 18.1 Å². The minimum atomic E-state index is 0.518. The molecule has 1 aliphatic rings. The highest BCUT2D eigenvalue weighted by molar-refractivity contribution is 9.09. The van der Waals surface area contributed by atoms with Crippen molar-refractivity contribution in [3.8, 4) is 0 Å². The van der Waals surface area contributed by atoms with Gasteiger partial charge in [0.15, 0.2) is 5.16 Å². The number of nitrogens with zero attached hydrogens (tertiary/aromatic N) is 3. The average Bonchev–Trinajstić information content (AvgIpc) is 2.48. The summed E-state index contributed by atoms with van der Waals surface area (Å²) in [6.45, 7) is 1.99. The first-order valence-electron chi connectivity index (χ1n) is 5.22. The minimum Gasteiger partial charge on any atom is -0.309 e. The second kappa shape index (κ2) is 4.45. The molecule has 1 aromatic rings. The smallest absolute Gasteiger partial charge is 0.190 e. The van der Waals surface area contributed by atoms with Gasteiger partial charge in [0.2, 0.25) is 0 Å². The maximum absolute atomic E-state index is 4.17. The predicted octanol–water partition coefficient (Wildman–Crippen LogP) is 2.78. The zero-order chi connectivity index (χ0) is 10.9. The largest absolute Gasteiger partial charge is 0.309 e. The van der Waals surface area contributed by atoms with Crippen molar-refractivity contribution in [3.63, 3.8) is 0 Å². The lowest BCUT2D eigenvalue weighted by molar-refractivity contribution is 0.206. The van der Waals surface area contributed by atoms with E-state index in [1.54, 1.807) is 0 Å². The highest BCUT2D eigenvalue weighted by Gasteiger charge is 2.36. The Morgan fingerprint density at radius 3 is 2.60 bits per heavy atom. The van der Waals surface area contributed by atoms with Crippen LogP contribution in [-0.2, 0) is 7.05 Å². The molecule has 2 rings (SSSR count). The summed E-state index contributed by atoms with van der Waals surface area (Å²) in [7, 11) is 2.03. The molecule has 0 spiro atoms. The third-order valence-electron chi connectivity index (χ3n) is 3.26. The third-order valence-corrected chi connectivity index (χ3v) is 5.82. The van der Waals surface area contributed by atoms with E-state index in [9.17, 15) is 0 Å². The van der Waals surface area contributed by atoms with Gasteiger partial charge in [-0.25, -0.2) is 0 Å². The molecule has 0 aliphatic heterocycles. The van der Waals surface area contributed by atoms with Crippen molar-refractivity contribution in [1.29, 1.82) is 0 Å². The second-order valence-corrected chi connectivity index (χ2v) is 5.87. The number of aryl methyl sites for hydroxylation is 1. The van der Waals surface area contributed by atoms with Crippen LogP contribution in [-0.4, -0.2) is 25.8 Å². The summed E-state index contributed by atoms with van der Waals surface area (Å²) in [5.41, 5.74) is 0.518. The van der Waals surface area contributed by atoms with Gasteiger partial charge in [-0.2, -0.15) is 0 Å². The lowest BCUT2D eigenvalue weighted by Gasteiger charge is -2.40. The van der Waals surface area contributed by atoms with Crippen molar-refractivity contribution < 1.29 is 0 Å². The quantitative estimate of drug-likeness (QED) is 0.631. The minimum absolute atomic E-state index is 0.518. The predicted molar refractivity (Wildman–Crippen MR) is 66.5 cm³/mol.